The van der Waals surface area contributed by atoms with Crippen LogP contribution in [-0.2, 0) is 6.42 Å². The molecular formula is C21H25N3O2S. The first-order valence-electron chi connectivity index (χ1n) is 9.04. The van der Waals surface area contributed by atoms with Gasteiger partial charge in [-0.05, 0) is 42.7 Å². The second-order valence-electron chi connectivity index (χ2n) is 6.75. The van der Waals surface area contributed by atoms with Crippen LogP contribution in [0.1, 0.15) is 17.5 Å². The topological polar surface area (TPSA) is 91.2 Å². The quantitative estimate of drug-likeness (QED) is 0.652. The lowest BCUT2D eigenvalue weighted by Gasteiger charge is -2.24. The Hall–Kier alpha value is -1.99. The number of aryl methyl sites for hydroxylation is 1. The maximum Gasteiger partial charge on any atom is 0.0825 e. The summed E-state index contributed by atoms with van der Waals surface area (Å²) < 4.78 is 0. The number of rotatable bonds is 8. The molecular weight excluding hydrogens is 358 g/mol. The average molecular weight is 384 g/mol. The smallest absolute Gasteiger partial charge is 0.0825 e. The lowest BCUT2D eigenvalue weighted by atomic mass is 9.94. The van der Waals surface area contributed by atoms with Crippen molar-refractivity contribution in [3.05, 3.63) is 59.7 Å². The molecule has 0 aliphatic carbocycles. The maximum atomic E-state index is 9.27. The van der Waals surface area contributed by atoms with Gasteiger partial charge in [0.25, 0.3) is 0 Å². The fourth-order valence-corrected chi connectivity index (χ4v) is 3.56. The van der Waals surface area contributed by atoms with Crippen molar-refractivity contribution in [2.45, 2.75) is 28.2 Å². The third kappa shape index (κ3) is 5.49. The summed E-state index contributed by atoms with van der Waals surface area (Å²) in [6, 6.07) is 16.7. The minimum atomic E-state index is -0.914. The summed E-state index contributed by atoms with van der Waals surface area (Å²) in [5.74, 6) is 0. The van der Waals surface area contributed by atoms with E-state index < -0.39 is 5.54 Å². The Labute approximate surface area is 164 Å². The van der Waals surface area contributed by atoms with Gasteiger partial charge in [0.1, 0.15) is 0 Å². The van der Waals surface area contributed by atoms with Crippen molar-refractivity contribution >= 4 is 23.7 Å². The Bertz CT molecular complexity index is 797. The Morgan fingerprint density at radius 2 is 1.56 bits per heavy atom. The van der Waals surface area contributed by atoms with E-state index in [4.69, 9.17) is 5.73 Å². The first-order chi connectivity index (χ1) is 13.1. The number of aliphatic hydroxyl groups is 2. The van der Waals surface area contributed by atoms with Crippen LogP contribution in [0.25, 0.3) is 0 Å². The van der Waals surface area contributed by atoms with E-state index in [-0.39, 0.29) is 13.2 Å². The fourth-order valence-electron chi connectivity index (χ4n) is 2.74. The molecule has 1 aliphatic heterocycles. The second-order valence-corrected chi connectivity index (χ2v) is 7.90. The first kappa shape index (κ1) is 19.8. The standard InChI is InChI=1S/C21H25N3O2S/c22-21(14-25,15-26)10-9-16-1-5-18(6-2-16)27-19-7-3-17(4-8-19)20-13-23-11-12-24-20/h1-8,13,25-26H,9-12,14-15,22H2. The molecule has 0 radical (unpaired) electrons. The number of hydrogen-bond donors (Lipinski definition) is 3. The van der Waals surface area contributed by atoms with Gasteiger partial charge in [-0.1, -0.05) is 36.0 Å². The lowest BCUT2D eigenvalue weighted by Crippen LogP contribution is -2.47. The van der Waals surface area contributed by atoms with Gasteiger partial charge in [0.05, 0.1) is 37.6 Å². The molecule has 1 heterocycles. The predicted octanol–water partition coefficient (Wildman–Crippen LogP) is 2.33. The van der Waals surface area contributed by atoms with E-state index in [0.717, 1.165) is 41.2 Å². The van der Waals surface area contributed by atoms with Crippen molar-refractivity contribution in [1.29, 1.82) is 0 Å². The molecule has 0 amide bonds. The highest BCUT2D eigenvalue weighted by molar-refractivity contribution is 7.99. The summed E-state index contributed by atoms with van der Waals surface area (Å²) >= 11 is 1.71. The molecule has 2 aromatic rings. The minimum Gasteiger partial charge on any atom is -0.394 e. The fraction of sp³-hybridized carbons (Fsp3) is 0.333. The zero-order valence-corrected chi connectivity index (χ0v) is 16.0. The van der Waals surface area contributed by atoms with E-state index >= 15 is 0 Å². The average Bonchev–Trinajstić information content (AvgIpc) is 2.74. The van der Waals surface area contributed by atoms with E-state index in [2.05, 4.69) is 58.5 Å². The van der Waals surface area contributed by atoms with Gasteiger partial charge in [0.15, 0.2) is 0 Å². The van der Waals surface area contributed by atoms with Crippen LogP contribution < -0.4 is 5.73 Å². The summed E-state index contributed by atoms with van der Waals surface area (Å²) in [6.07, 6.45) is 3.11. The Balaban J connectivity index is 1.58. The third-order valence-corrected chi connectivity index (χ3v) is 5.59. The molecule has 0 unspecified atom stereocenters. The Morgan fingerprint density at radius 3 is 2.11 bits per heavy atom. The van der Waals surface area contributed by atoms with E-state index in [1.165, 1.54) is 4.90 Å². The van der Waals surface area contributed by atoms with Crippen LogP contribution in [0, 0.1) is 0 Å². The molecule has 142 valence electrons. The molecule has 1 aliphatic rings. The molecule has 0 spiro atoms. The number of benzene rings is 2. The zero-order valence-electron chi connectivity index (χ0n) is 15.2. The molecule has 0 bridgehead atoms. The summed E-state index contributed by atoms with van der Waals surface area (Å²) in [5.41, 5.74) is 8.19. The lowest BCUT2D eigenvalue weighted by molar-refractivity contribution is 0.115. The van der Waals surface area contributed by atoms with Crippen LogP contribution in [0.3, 0.4) is 0 Å². The van der Waals surface area contributed by atoms with Crippen LogP contribution in [-0.4, -0.2) is 54.0 Å². The third-order valence-electron chi connectivity index (χ3n) is 4.58. The van der Waals surface area contributed by atoms with Crippen molar-refractivity contribution in [3.63, 3.8) is 0 Å². The van der Waals surface area contributed by atoms with Gasteiger partial charge in [-0.2, -0.15) is 0 Å². The van der Waals surface area contributed by atoms with E-state index in [1.54, 1.807) is 11.8 Å². The van der Waals surface area contributed by atoms with Crippen LogP contribution in [0.5, 0.6) is 0 Å². The van der Waals surface area contributed by atoms with Crippen LogP contribution in [0.4, 0.5) is 0 Å². The van der Waals surface area contributed by atoms with Gasteiger partial charge >= 0.3 is 0 Å². The van der Waals surface area contributed by atoms with Crippen molar-refractivity contribution in [3.8, 4) is 0 Å². The highest BCUT2D eigenvalue weighted by Gasteiger charge is 2.22. The van der Waals surface area contributed by atoms with Gasteiger partial charge < -0.3 is 15.9 Å². The molecule has 3 rings (SSSR count). The van der Waals surface area contributed by atoms with Crippen molar-refractivity contribution in [2.24, 2.45) is 15.7 Å². The van der Waals surface area contributed by atoms with E-state index in [9.17, 15) is 10.2 Å². The predicted molar refractivity (Wildman–Crippen MR) is 111 cm³/mol. The summed E-state index contributed by atoms with van der Waals surface area (Å²) in [7, 11) is 0. The van der Waals surface area contributed by atoms with Crippen molar-refractivity contribution in [2.75, 3.05) is 26.3 Å². The number of nitrogens with two attached hydrogens (primary N) is 1. The molecule has 2 aromatic carbocycles. The van der Waals surface area contributed by atoms with Gasteiger partial charge in [-0.25, -0.2) is 0 Å². The normalized spacial score (nSPS) is 14.3. The van der Waals surface area contributed by atoms with Gasteiger partial charge in [0.2, 0.25) is 0 Å². The summed E-state index contributed by atoms with van der Waals surface area (Å²) in [4.78, 5) is 11.1. The molecule has 0 saturated heterocycles. The van der Waals surface area contributed by atoms with Crippen LogP contribution >= 0.6 is 11.8 Å². The molecule has 0 atom stereocenters. The number of aliphatic imine (C=N–C) groups is 2. The second kappa shape index (κ2) is 9.28. The largest absolute Gasteiger partial charge is 0.394 e. The number of hydrogen-bond acceptors (Lipinski definition) is 6. The Morgan fingerprint density at radius 1 is 0.926 bits per heavy atom. The van der Waals surface area contributed by atoms with Crippen molar-refractivity contribution < 1.29 is 10.2 Å². The van der Waals surface area contributed by atoms with Gasteiger partial charge in [-0.3, -0.25) is 9.98 Å². The van der Waals surface area contributed by atoms with Crippen LogP contribution in [0.2, 0.25) is 0 Å². The van der Waals surface area contributed by atoms with Gasteiger partial charge in [-0.15, -0.1) is 0 Å². The molecule has 6 heteroatoms. The molecule has 4 N–H and O–H groups in total. The number of nitrogens with zero attached hydrogens (tertiary/aromatic N) is 2. The Kier molecular flexibility index (Phi) is 6.79. The van der Waals surface area contributed by atoms with Crippen LogP contribution in [0.15, 0.2) is 68.3 Å². The summed E-state index contributed by atoms with van der Waals surface area (Å²) in [6.45, 7) is 1.10. The maximum absolute atomic E-state index is 9.27. The zero-order chi connectivity index (χ0) is 19.1. The molecule has 0 saturated carbocycles. The van der Waals surface area contributed by atoms with Gasteiger partial charge in [0, 0.05) is 21.6 Å². The molecule has 27 heavy (non-hydrogen) atoms. The SMILES string of the molecule is NC(CO)(CO)CCc1ccc(Sc2ccc(C3=NCCN=C3)cc2)cc1. The summed E-state index contributed by atoms with van der Waals surface area (Å²) in [5, 5.41) is 18.5. The minimum absolute atomic E-state index is 0.217. The van der Waals surface area contributed by atoms with E-state index in [1.807, 2.05) is 6.21 Å². The van der Waals surface area contributed by atoms with Crippen molar-refractivity contribution in [1.82, 2.24) is 0 Å². The molecule has 5 nitrogen and oxygen atoms in total. The monoisotopic (exact) mass is 383 g/mol. The molecule has 0 fully saturated rings. The highest BCUT2D eigenvalue weighted by Crippen LogP contribution is 2.28. The highest BCUT2D eigenvalue weighted by atomic mass is 32.2. The number of aliphatic hydroxyl groups excluding tert-OH is 2. The molecule has 0 aromatic heterocycles. The first-order valence-corrected chi connectivity index (χ1v) is 9.86. The van der Waals surface area contributed by atoms with E-state index in [0.29, 0.717) is 6.42 Å².